The van der Waals surface area contributed by atoms with E-state index in [4.69, 9.17) is 4.42 Å². The summed E-state index contributed by atoms with van der Waals surface area (Å²) < 4.78 is 5.03. The summed E-state index contributed by atoms with van der Waals surface area (Å²) in [6, 6.07) is 3.31. The molecule has 0 radical (unpaired) electrons. The van der Waals surface area contributed by atoms with E-state index in [2.05, 4.69) is 10.3 Å². The predicted octanol–water partition coefficient (Wildman–Crippen LogP) is 0.786. The second kappa shape index (κ2) is 3.88. The maximum Gasteiger partial charge on any atom is 0.182 e. The van der Waals surface area contributed by atoms with E-state index < -0.39 is 6.10 Å². The Morgan fingerprint density at radius 1 is 1.53 bits per heavy atom. The minimum absolute atomic E-state index is 0.0241. The summed E-state index contributed by atoms with van der Waals surface area (Å²) in [5, 5.41) is 22.4. The minimum Gasteiger partial charge on any atom is -0.505 e. The monoisotopic (exact) mass is 208 g/mol. The van der Waals surface area contributed by atoms with Crippen LogP contribution in [0.25, 0.3) is 11.1 Å². The fraction of sp³-hybridized carbons (Fsp3) is 0.300. The lowest BCUT2D eigenvalue weighted by Crippen LogP contribution is -2.16. The highest BCUT2D eigenvalue weighted by molar-refractivity contribution is 5.80. The highest BCUT2D eigenvalue weighted by atomic mass is 16.3. The lowest BCUT2D eigenvalue weighted by Gasteiger charge is -2.11. The van der Waals surface area contributed by atoms with Gasteiger partial charge in [0.05, 0.1) is 6.10 Å². The Bertz CT molecular complexity index is 467. The van der Waals surface area contributed by atoms with Crippen molar-refractivity contribution in [3.05, 3.63) is 24.1 Å². The van der Waals surface area contributed by atoms with Gasteiger partial charge in [-0.05, 0) is 19.2 Å². The molecule has 0 aliphatic carbocycles. The number of hydrogen-bond acceptors (Lipinski definition) is 5. The standard InChI is InChI=1S/C10H12N2O3/c1-11-4-7(13)6-2-3-8-9(10(6)14)12-5-15-8/h2-3,5,7,11,13-14H,4H2,1H3. The van der Waals surface area contributed by atoms with Gasteiger partial charge in [-0.3, -0.25) is 0 Å². The third-order valence-electron chi connectivity index (χ3n) is 2.26. The number of nitrogens with one attached hydrogen (secondary N) is 1. The molecule has 1 heterocycles. The summed E-state index contributed by atoms with van der Waals surface area (Å²) >= 11 is 0. The Morgan fingerprint density at radius 3 is 3.07 bits per heavy atom. The van der Waals surface area contributed by atoms with Gasteiger partial charge in [-0.2, -0.15) is 0 Å². The third-order valence-corrected chi connectivity index (χ3v) is 2.26. The molecule has 1 aromatic heterocycles. The van der Waals surface area contributed by atoms with Crippen LogP contribution in [0.1, 0.15) is 11.7 Å². The molecule has 3 N–H and O–H groups in total. The summed E-state index contributed by atoms with van der Waals surface area (Å²) in [5.41, 5.74) is 1.33. The summed E-state index contributed by atoms with van der Waals surface area (Å²) in [6.45, 7) is 0.372. The van der Waals surface area contributed by atoms with Gasteiger partial charge in [0, 0.05) is 12.1 Å². The molecule has 0 saturated carbocycles. The van der Waals surface area contributed by atoms with E-state index in [-0.39, 0.29) is 5.75 Å². The Labute approximate surface area is 86.4 Å². The molecule has 2 aromatic rings. The number of rotatable bonds is 3. The number of aliphatic hydroxyl groups excluding tert-OH is 1. The zero-order valence-corrected chi connectivity index (χ0v) is 8.27. The molecular formula is C10H12N2O3. The second-order valence-corrected chi connectivity index (χ2v) is 3.28. The molecule has 0 aliphatic heterocycles. The zero-order chi connectivity index (χ0) is 10.8. The van der Waals surface area contributed by atoms with Gasteiger partial charge < -0.3 is 19.9 Å². The van der Waals surface area contributed by atoms with Crippen LogP contribution in [0.4, 0.5) is 0 Å². The molecule has 5 nitrogen and oxygen atoms in total. The molecule has 2 rings (SSSR count). The smallest absolute Gasteiger partial charge is 0.182 e. The van der Waals surface area contributed by atoms with Crippen molar-refractivity contribution >= 4 is 11.1 Å². The lowest BCUT2D eigenvalue weighted by atomic mass is 10.1. The number of hydrogen-bond donors (Lipinski definition) is 3. The Kier molecular flexibility index (Phi) is 2.57. The maximum atomic E-state index is 9.83. The fourth-order valence-corrected chi connectivity index (χ4v) is 1.50. The summed E-state index contributed by atoms with van der Waals surface area (Å²) in [5.74, 6) is -0.0241. The quantitative estimate of drug-likeness (QED) is 0.695. The number of fused-ring (bicyclic) bond motifs is 1. The SMILES string of the molecule is CNCC(O)c1ccc2ocnc2c1O. The largest absolute Gasteiger partial charge is 0.505 e. The van der Waals surface area contributed by atoms with E-state index in [9.17, 15) is 10.2 Å². The molecule has 0 fully saturated rings. The molecule has 0 bridgehead atoms. The Balaban J connectivity index is 2.47. The van der Waals surface area contributed by atoms with Gasteiger partial charge in [0.15, 0.2) is 23.2 Å². The molecule has 0 spiro atoms. The molecule has 0 amide bonds. The normalized spacial score (nSPS) is 13.2. The van der Waals surface area contributed by atoms with Crippen LogP contribution >= 0.6 is 0 Å². The number of oxazole rings is 1. The van der Waals surface area contributed by atoms with Gasteiger partial charge in [0.2, 0.25) is 0 Å². The molecule has 1 unspecified atom stereocenters. The maximum absolute atomic E-state index is 9.83. The van der Waals surface area contributed by atoms with Crippen molar-refractivity contribution in [3.63, 3.8) is 0 Å². The van der Waals surface area contributed by atoms with Gasteiger partial charge >= 0.3 is 0 Å². The van der Waals surface area contributed by atoms with Crippen molar-refractivity contribution in [2.24, 2.45) is 0 Å². The van der Waals surface area contributed by atoms with Gasteiger partial charge in [-0.15, -0.1) is 0 Å². The number of phenolic OH excluding ortho intramolecular Hbond substituents is 1. The van der Waals surface area contributed by atoms with Crippen molar-refractivity contribution in [2.75, 3.05) is 13.6 Å². The molecule has 0 saturated heterocycles. The van der Waals surface area contributed by atoms with Gasteiger partial charge in [0.1, 0.15) is 0 Å². The molecule has 0 aliphatic rings. The first-order chi connectivity index (χ1) is 7.24. The van der Waals surface area contributed by atoms with Crippen molar-refractivity contribution in [3.8, 4) is 5.75 Å². The van der Waals surface area contributed by atoms with Crippen LogP contribution in [0.2, 0.25) is 0 Å². The summed E-state index contributed by atoms with van der Waals surface area (Å²) in [6.07, 6.45) is 0.509. The van der Waals surface area contributed by atoms with Crippen molar-refractivity contribution in [1.29, 1.82) is 0 Å². The summed E-state index contributed by atoms with van der Waals surface area (Å²) in [7, 11) is 1.73. The van der Waals surface area contributed by atoms with Crippen molar-refractivity contribution in [2.45, 2.75) is 6.10 Å². The Hall–Kier alpha value is -1.59. The topological polar surface area (TPSA) is 78.5 Å². The fourth-order valence-electron chi connectivity index (χ4n) is 1.50. The Morgan fingerprint density at radius 2 is 2.33 bits per heavy atom. The van der Waals surface area contributed by atoms with Crippen molar-refractivity contribution in [1.82, 2.24) is 10.3 Å². The average Bonchev–Trinajstić information content (AvgIpc) is 2.67. The number of phenols is 1. The van der Waals surface area contributed by atoms with E-state index in [1.165, 1.54) is 6.39 Å². The van der Waals surface area contributed by atoms with Gasteiger partial charge in [-0.25, -0.2) is 4.98 Å². The molecular weight excluding hydrogens is 196 g/mol. The van der Waals surface area contributed by atoms with Crippen LogP contribution in [0, 0.1) is 0 Å². The van der Waals surface area contributed by atoms with E-state index in [1.807, 2.05) is 0 Å². The highest BCUT2D eigenvalue weighted by Gasteiger charge is 2.15. The highest BCUT2D eigenvalue weighted by Crippen LogP contribution is 2.31. The van der Waals surface area contributed by atoms with Gasteiger partial charge in [0.25, 0.3) is 0 Å². The van der Waals surface area contributed by atoms with Crippen LogP contribution in [-0.4, -0.2) is 28.8 Å². The zero-order valence-electron chi connectivity index (χ0n) is 8.27. The first kappa shape index (κ1) is 9.95. The van der Waals surface area contributed by atoms with E-state index >= 15 is 0 Å². The molecule has 15 heavy (non-hydrogen) atoms. The molecule has 5 heteroatoms. The van der Waals surface area contributed by atoms with Crippen LogP contribution in [0.15, 0.2) is 22.9 Å². The van der Waals surface area contributed by atoms with Crippen molar-refractivity contribution < 1.29 is 14.6 Å². The van der Waals surface area contributed by atoms with Crippen LogP contribution in [-0.2, 0) is 0 Å². The second-order valence-electron chi connectivity index (χ2n) is 3.28. The lowest BCUT2D eigenvalue weighted by molar-refractivity contribution is 0.174. The molecule has 1 aromatic carbocycles. The number of aromatic nitrogens is 1. The first-order valence-corrected chi connectivity index (χ1v) is 4.61. The predicted molar refractivity (Wildman–Crippen MR) is 54.6 cm³/mol. The number of aromatic hydroxyl groups is 1. The van der Waals surface area contributed by atoms with E-state index in [0.717, 1.165) is 0 Å². The molecule has 80 valence electrons. The van der Waals surface area contributed by atoms with Crippen LogP contribution in [0.5, 0.6) is 5.75 Å². The third kappa shape index (κ3) is 1.67. The average molecular weight is 208 g/mol. The van der Waals surface area contributed by atoms with Crippen LogP contribution in [0.3, 0.4) is 0 Å². The number of aliphatic hydroxyl groups is 1. The number of nitrogens with zero attached hydrogens (tertiary/aromatic N) is 1. The van der Waals surface area contributed by atoms with Gasteiger partial charge in [-0.1, -0.05) is 0 Å². The van der Waals surface area contributed by atoms with Crippen LogP contribution < -0.4 is 5.32 Å². The number of benzene rings is 1. The number of likely N-dealkylation sites (N-methyl/N-ethyl adjacent to an activating group) is 1. The first-order valence-electron chi connectivity index (χ1n) is 4.61. The molecule has 1 atom stereocenters. The van der Waals surface area contributed by atoms with E-state index in [0.29, 0.717) is 23.2 Å². The minimum atomic E-state index is -0.754. The summed E-state index contributed by atoms with van der Waals surface area (Å²) in [4.78, 5) is 3.87. The van der Waals surface area contributed by atoms with E-state index in [1.54, 1.807) is 19.2 Å².